The summed E-state index contributed by atoms with van der Waals surface area (Å²) in [6, 6.07) is 18.2. The van der Waals surface area contributed by atoms with Gasteiger partial charge >= 0.3 is 6.03 Å². The van der Waals surface area contributed by atoms with Gasteiger partial charge in [-0.15, -0.1) is 0 Å². The lowest BCUT2D eigenvalue weighted by Gasteiger charge is -2.18. The molecule has 3 amide bonds. The molecule has 5 nitrogen and oxygen atoms in total. The highest BCUT2D eigenvalue weighted by atomic mass is 35.5. The van der Waals surface area contributed by atoms with E-state index in [0.29, 0.717) is 28.5 Å². The van der Waals surface area contributed by atoms with E-state index in [1.807, 2.05) is 62.4 Å². The summed E-state index contributed by atoms with van der Waals surface area (Å²) in [6.45, 7) is 4.52. The lowest BCUT2D eigenvalue weighted by molar-refractivity contribution is 0.0989. The average Bonchev–Trinajstić information content (AvgIpc) is 3.14. The van der Waals surface area contributed by atoms with Crippen molar-refractivity contribution in [2.24, 2.45) is 0 Å². The average molecular weight is 420 g/mol. The van der Waals surface area contributed by atoms with Gasteiger partial charge in [0.05, 0.1) is 0 Å². The molecule has 2 N–H and O–H groups in total. The van der Waals surface area contributed by atoms with Crippen molar-refractivity contribution in [3.8, 4) is 0 Å². The van der Waals surface area contributed by atoms with Crippen LogP contribution < -0.4 is 15.5 Å². The van der Waals surface area contributed by atoms with Crippen molar-refractivity contribution in [2.75, 3.05) is 22.1 Å². The number of carbonyl (C=O) groups excluding carboxylic acids is 2. The van der Waals surface area contributed by atoms with Crippen LogP contribution in [0.4, 0.5) is 21.9 Å². The van der Waals surface area contributed by atoms with E-state index in [1.54, 1.807) is 17.0 Å². The number of hydrogen-bond donors (Lipinski definition) is 2. The Morgan fingerprint density at radius 1 is 0.900 bits per heavy atom. The highest BCUT2D eigenvalue weighted by Crippen LogP contribution is 2.32. The minimum atomic E-state index is -0.371. The summed E-state index contributed by atoms with van der Waals surface area (Å²) in [6.07, 6.45) is 0.793. The smallest absolute Gasteiger partial charge is 0.308 e. The van der Waals surface area contributed by atoms with Crippen LogP contribution >= 0.6 is 11.6 Å². The van der Waals surface area contributed by atoms with Crippen molar-refractivity contribution in [3.63, 3.8) is 0 Å². The number of rotatable bonds is 3. The highest BCUT2D eigenvalue weighted by Gasteiger charge is 2.26. The summed E-state index contributed by atoms with van der Waals surface area (Å²) >= 11 is 6.12. The molecule has 4 rings (SSSR count). The molecule has 3 aromatic rings. The van der Waals surface area contributed by atoms with Gasteiger partial charge in [-0.1, -0.05) is 41.4 Å². The van der Waals surface area contributed by atoms with Gasteiger partial charge < -0.3 is 15.5 Å². The number of urea groups is 1. The second-order valence-corrected chi connectivity index (χ2v) is 7.87. The van der Waals surface area contributed by atoms with Crippen molar-refractivity contribution in [1.82, 2.24) is 0 Å². The van der Waals surface area contributed by atoms with Crippen LogP contribution in [0.3, 0.4) is 0 Å². The van der Waals surface area contributed by atoms with Crippen LogP contribution in [0.5, 0.6) is 0 Å². The maximum atomic E-state index is 13.0. The second-order valence-electron chi connectivity index (χ2n) is 7.46. The number of nitrogens with one attached hydrogen (secondary N) is 2. The zero-order valence-electron chi connectivity index (χ0n) is 16.8. The molecule has 0 atom stereocenters. The first-order valence-electron chi connectivity index (χ1n) is 9.76. The molecule has 0 fully saturated rings. The molecule has 3 aromatic carbocycles. The number of halogens is 1. The number of fused-ring (bicyclic) bond motifs is 1. The van der Waals surface area contributed by atoms with E-state index in [-0.39, 0.29) is 11.9 Å². The summed E-state index contributed by atoms with van der Waals surface area (Å²) in [7, 11) is 0. The van der Waals surface area contributed by atoms with Crippen LogP contribution in [0.15, 0.2) is 60.7 Å². The van der Waals surface area contributed by atoms with Crippen molar-refractivity contribution in [2.45, 2.75) is 20.3 Å². The van der Waals surface area contributed by atoms with Gasteiger partial charge in [-0.05, 0) is 67.8 Å². The Morgan fingerprint density at radius 2 is 1.57 bits per heavy atom. The van der Waals surface area contributed by atoms with Gasteiger partial charge in [-0.2, -0.15) is 0 Å². The summed E-state index contributed by atoms with van der Waals surface area (Å²) in [4.78, 5) is 27.1. The van der Waals surface area contributed by atoms with E-state index in [0.717, 1.165) is 28.8 Å². The fourth-order valence-electron chi connectivity index (χ4n) is 3.48. The van der Waals surface area contributed by atoms with E-state index in [4.69, 9.17) is 11.6 Å². The fourth-order valence-corrected chi connectivity index (χ4v) is 3.66. The predicted octanol–water partition coefficient (Wildman–Crippen LogP) is 5.80. The molecule has 0 saturated carbocycles. The van der Waals surface area contributed by atoms with Crippen LogP contribution in [-0.2, 0) is 6.42 Å². The fraction of sp³-hybridized carbons (Fsp3) is 0.167. The van der Waals surface area contributed by atoms with Gasteiger partial charge in [0, 0.05) is 34.2 Å². The van der Waals surface area contributed by atoms with Crippen molar-refractivity contribution in [1.29, 1.82) is 0 Å². The number of amides is 3. The monoisotopic (exact) mass is 419 g/mol. The molecule has 0 unspecified atom stereocenters. The number of nitrogens with zero attached hydrogens (tertiary/aromatic N) is 1. The van der Waals surface area contributed by atoms with Gasteiger partial charge in [-0.25, -0.2) is 4.79 Å². The summed E-state index contributed by atoms with van der Waals surface area (Å²) in [5, 5.41) is 6.20. The SMILES string of the molecule is Cc1ccc(C(=O)N2CCc3ccc(NC(=O)Nc4ccc(C)c(Cl)c4)cc32)cc1. The standard InChI is InChI=1S/C24H22ClN3O2/c1-15-3-6-18(7-4-15)23(29)28-12-11-17-8-10-20(14-22(17)28)27-24(30)26-19-9-5-16(2)21(25)13-19/h3-10,13-14H,11-12H2,1-2H3,(H2,26,27,30). The van der Waals surface area contributed by atoms with Gasteiger partial charge in [0.2, 0.25) is 0 Å². The van der Waals surface area contributed by atoms with E-state index >= 15 is 0 Å². The van der Waals surface area contributed by atoms with Gasteiger partial charge in [0.25, 0.3) is 5.91 Å². The molecule has 30 heavy (non-hydrogen) atoms. The Bertz CT molecular complexity index is 1130. The van der Waals surface area contributed by atoms with Crippen LogP contribution in [-0.4, -0.2) is 18.5 Å². The first kappa shape index (κ1) is 20.0. The van der Waals surface area contributed by atoms with Crippen LogP contribution in [0.1, 0.15) is 27.0 Å². The molecule has 0 aromatic heterocycles. The Kier molecular flexibility index (Phi) is 5.46. The maximum absolute atomic E-state index is 13.0. The Morgan fingerprint density at radius 3 is 2.27 bits per heavy atom. The number of anilines is 3. The van der Waals surface area contributed by atoms with Crippen molar-refractivity contribution < 1.29 is 9.59 Å². The number of hydrogen-bond acceptors (Lipinski definition) is 2. The lowest BCUT2D eigenvalue weighted by Crippen LogP contribution is -2.29. The summed E-state index contributed by atoms with van der Waals surface area (Å²) < 4.78 is 0. The first-order valence-corrected chi connectivity index (χ1v) is 10.1. The van der Waals surface area contributed by atoms with Crippen molar-refractivity contribution in [3.05, 3.63) is 87.9 Å². The van der Waals surface area contributed by atoms with Crippen LogP contribution in [0.2, 0.25) is 5.02 Å². The third-order valence-electron chi connectivity index (χ3n) is 5.21. The summed E-state index contributed by atoms with van der Waals surface area (Å²) in [5.41, 5.74) is 5.86. The molecule has 1 heterocycles. The molecule has 152 valence electrons. The summed E-state index contributed by atoms with van der Waals surface area (Å²) in [5.74, 6) is -0.0374. The minimum absolute atomic E-state index is 0.0374. The van der Waals surface area contributed by atoms with Gasteiger partial charge in [0.15, 0.2) is 0 Å². The van der Waals surface area contributed by atoms with Gasteiger partial charge in [-0.3, -0.25) is 4.79 Å². The molecule has 0 saturated heterocycles. The molecular formula is C24H22ClN3O2. The normalized spacial score (nSPS) is 12.4. The zero-order chi connectivity index (χ0) is 21.3. The Balaban J connectivity index is 1.49. The minimum Gasteiger partial charge on any atom is -0.308 e. The Labute approximate surface area is 180 Å². The third kappa shape index (κ3) is 4.16. The van der Waals surface area contributed by atoms with Crippen LogP contribution in [0, 0.1) is 13.8 Å². The molecule has 6 heteroatoms. The number of benzene rings is 3. The molecule has 0 spiro atoms. The lowest BCUT2D eigenvalue weighted by atomic mass is 10.1. The first-order chi connectivity index (χ1) is 14.4. The number of carbonyl (C=O) groups is 2. The third-order valence-corrected chi connectivity index (χ3v) is 5.62. The Hall–Kier alpha value is -3.31. The van der Waals surface area contributed by atoms with Gasteiger partial charge in [0.1, 0.15) is 0 Å². The van der Waals surface area contributed by atoms with E-state index in [2.05, 4.69) is 10.6 Å². The quantitative estimate of drug-likeness (QED) is 0.563. The molecule has 1 aliphatic heterocycles. The largest absolute Gasteiger partial charge is 0.323 e. The van der Waals surface area contributed by atoms with Crippen LogP contribution in [0.25, 0.3) is 0 Å². The zero-order valence-corrected chi connectivity index (χ0v) is 17.6. The van der Waals surface area contributed by atoms with E-state index < -0.39 is 0 Å². The molecule has 0 bridgehead atoms. The number of aryl methyl sites for hydroxylation is 2. The maximum Gasteiger partial charge on any atom is 0.323 e. The van der Waals surface area contributed by atoms with E-state index in [9.17, 15) is 9.59 Å². The van der Waals surface area contributed by atoms with E-state index in [1.165, 1.54) is 0 Å². The predicted molar refractivity (Wildman–Crippen MR) is 122 cm³/mol. The molecule has 0 radical (unpaired) electrons. The highest BCUT2D eigenvalue weighted by molar-refractivity contribution is 6.31. The molecular weight excluding hydrogens is 398 g/mol. The molecule has 0 aliphatic carbocycles. The van der Waals surface area contributed by atoms with Crippen molar-refractivity contribution >= 4 is 40.6 Å². The topological polar surface area (TPSA) is 61.4 Å². The second kappa shape index (κ2) is 8.20. The molecule has 1 aliphatic rings.